The first kappa shape index (κ1) is 12.0. The topological polar surface area (TPSA) is 68.4 Å². The summed E-state index contributed by atoms with van der Waals surface area (Å²) in [5.41, 5.74) is 1.89. The SMILES string of the molecule is c1c2c(cc3[nH]c(CC4CNCCO4)nc13)OCCO2. The van der Waals surface area contributed by atoms with Gasteiger partial charge in [-0.1, -0.05) is 0 Å². The van der Waals surface area contributed by atoms with E-state index in [1.54, 1.807) is 0 Å². The lowest BCUT2D eigenvalue weighted by molar-refractivity contribution is 0.0282. The van der Waals surface area contributed by atoms with E-state index >= 15 is 0 Å². The minimum absolute atomic E-state index is 0.187. The summed E-state index contributed by atoms with van der Waals surface area (Å²) in [7, 11) is 0. The van der Waals surface area contributed by atoms with Crippen molar-refractivity contribution in [2.45, 2.75) is 12.5 Å². The highest BCUT2D eigenvalue weighted by atomic mass is 16.6. The van der Waals surface area contributed by atoms with Crippen molar-refractivity contribution in [1.82, 2.24) is 15.3 Å². The lowest BCUT2D eigenvalue weighted by Crippen LogP contribution is -2.39. The molecular weight excluding hydrogens is 258 g/mol. The molecule has 0 radical (unpaired) electrons. The molecule has 2 aliphatic rings. The molecule has 20 heavy (non-hydrogen) atoms. The van der Waals surface area contributed by atoms with E-state index in [2.05, 4.69) is 15.3 Å². The fourth-order valence-corrected chi connectivity index (χ4v) is 2.66. The molecule has 2 N–H and O–H groups in total. The van der Waals surface area contributed by atoms with Crippen LogP contribution in [-0.4, -0.2) is 49.0 Å². The molecule has 2 aromatic rings. The molecule has 0 amide bonds. The highest BCUT2D eigenvalue weighted by molar-refractivity contribution is 5.79. The van der Waals surface area contributed by atoms with E-state index < -0.39 is 0 Å². The van der Waals surface area contributed by atoms with E-state index in [9.17, 15) is 0 Å². The fraction of sp³-hybridized carbons (Fsp3) is 0.500. The number of morpholine rings is 1. The standard InChI is InChI=1S/C14H17N3O3/c1-2-18-9(8-15-1)5-14-16-10-6-12-13(7-11(10)17-14)20-4-3-19-12/h6-7,9,15H,1-5,8H2,(H,16,17). The highest BCUT2D eigenvalue weighted by Gasteiger charge is 2.18. The normalized spacial score (nSPS) is 22.1. The molecule has 1 saturated heterocycles. The molecule has 1 unspecified atom stereocenters. The highest BCUT2D eigenvalue weighted by Crippen LogP contribution is 2.33. The van der Waals surface area contributed by atoms with Crippen LogP contribution in [0.1, 0.15) is 5.82 Å². The molecule has 0 aliphatic carbocycles. The van der Waals surface area contributed by atoms with Crippen LogP contribution in [0.4, 0.5) is 0 Å². The van der Waals surface area contributed by atoms with Crippen molar-refractivity contribution in [3.8, 4) is 11.5 Å². The summed E-state index contributed by atoms with van der Waals surface area (Å²) in [5, 5.41) is 3.33. The second-order valence-corrected chi connectivity index (χ2v) is 5.10. The van der Waals surface area contributed by atoms with E-state index in [-0.39, 0.29) is 6.10 Å². The zero-order chi connectivity index (χ0) is 13.4. The molecule has 6 heteroatoms. The van der Waals surface area contributed by atoms with Crippen LogP contribution in [0.3, 0.4) is 0 Å². The van der Waals surface area contributed by atoms with Crippen molar-refractivity contribution in [1.29, 1.82) is 0 Å². The van der Waals surface area contributed by atoms with Crippen LogP contribution in [0.2, 0.25) is 0 Å². The van der Waals surface area contributed by atoms with Crippen LogP contribution in [0.15, 0.2) is 12.1 Å². The summed E-state index contributed by atoms with van der Waals surface area (Å²) in [6.45, 7) is 3.76. The Morgan fingerprint density at radius 3 is 2.80 bits per heavy atom. The number of nitrogens with zero attached hydrogens (tertiary/aromatic N) is 1. The Bertz CT molecular complexity index is 576. The number of imidazole rings is 1. The molecule has 106 valence electrons. The van der Waals surface area contributed by atoms with E-state index in [0.29, 0.717) is 13.2 Å². The molecule has 0 spiro atoms. The van der Waals surface area contributed by atoms with E-state index in [1.165, 1.54) is 0 Å². The number of rotatable bonds is 2. The van der Waals surface area contributed by atoms with Crippen LogP contribution < -0.4 is 14.8 Å². The Morgan fingerprint density at radius 1 is 1.15 bits per heavy atom. The van der Waals surface area contributed by atoms with Gasteiger partial charge in [-0.3, -0.25) is 0 Å². The molecular formula is C14H17N3O3. The lowest BCUT2D eigenvalue weighted by atomic mass is 10.2. The minimum Gasteiger partial charge on any atom is -0.486 e. The molecule has 0 bridgehead atoms. The predicted molar refractivity (Wildman–Crippen MR) is 73.4 cm³/mol. The van der Waals surface area contributed by atoms with Gasteiger partial charge in [0.15, 0.2) is 11.5 Å². The summed E-state index contributed by atoms with van der Waals surface area (Å²) in [5.74, 6) is 2.50. The number of benzene rings is 1. The van der Waals surface area contributed by atoms with Gasteiger partial charge in [-0.25, -0.2) is 4.98 Å². The number of hydrogen-bond acceptors (Lipinski definition) is 5. The zero-order valence-electron chi connectivity index (χ0n) is 11.1. The van der Waals surface area contributed by atoms with E-state index in [4.69, 9.17) is 14.2 Å². The van der Waals surface area contributed by atoms with Crippen molar-refractivity contribution in [3.63, 3.8) is 0 Å². The molecule has 3 heterocycles. The first-order valence-corrected chi connectivity index (χ1v) is 6.99. The van der Waals surface area contributed by atoms with Gasteiger partial charge in [0.25, 0.3) is 0 Å². The number of fused-ring (bicyclic) bond motifs is 2. The molecule has 4 rings (SSSR count). The number of aromatic amines is 1. The van der Waals surface area contributed by atoms with Crippen LogP contribution in [-0.2, 0) is 11.2 Å². The lowest BCUT2D eigenvalue weighted by Gasteiger charge is -2.22. The van der Waals surface area contributed by atoms with Gasteiger partial charge in [0.2, 0.25) is 0 Å². The maximum absolute atomic E-state index is 5.71. The molecule has 2 aliphatic heterocycles. The Labute approximate surface area is 116 Å². The average Bonchev–Trinajstić information content (AvgIpc) is 2.86. The van der Waals surface area contributed by atoms with Gasteiger partial charge in [-0.15, -0.1) is 0 Å². The van der Waals surface area contributed by atoms with Gasteiger partial charge in [0.1, 0.15) is 19.0 Å². The van der Waals surface area contributed by atoms with E-state index in [0.717, 1.165) is 54.5 Å². The molecule has 1 aromatic carbocycles. The molecule has 1 atom stereocenters. The number of nitrogens with one attached hydrogen (secondary N) is 2. The van der Waals surface area contributed by atoms with Crippen molar-refractivity contribution >= 4 is 11.0 Å². The summed E-state index contributed by atoms with van der Waals surface area (Å²) in [6.07, 6.45) is 0.972. The summed E-state index contributed by atoms with van der Waals surface area (Å²) in [6, 6.07) is 3.89. The molecule has 1 aromatic heterocycles. The van der Waals surface area contributed by atoms with E-state index in [1.807, 2.05) is 12.1 Å². The quantitative estimate of drug-likeness (QED) is 0.851. The largest absolute Gasteiger partial charge is 0.486 e. The van der Waals surface area contributed by atoms with Gasteiger partial charge >= 0.3 is 0 Å². The van der Waals surface area contributed by atoms with Crippen molar-refractivity contribution < 1.29 is 14.2 Å². The number of aromatic nitrogens is 2. The molecule has 6 nitrogen and oxygen atoms in total. The maximum atomic E-state index is 5.71. The third-order valence-electron chi connectivity index (χ3n) is 3.62. The van der Waals surface area contributed by atoms with Gasteiger partial charge in [0, 0.05) is 31.6 Å². The Morgan fingerprint density at radius 2 is 2.00 bits per heavy atom. The summed E-state index contributed by atoms with van der Waals surface area (Å²) in [4.78, 5) is 7.95. The van der Waals surface area contributed by atoms with Crippen molar-refractivity contribution in [3.05, 3.63) is 18.0 Å². The summed E-state index contributed by atoms with van der Waals surface area (Å²) >= 11 is 0. The third kappa shape index (κ3) is 2.21. The van der Waals surface area contributed by atoms with Crippen LogP contribution in [0.25, 0.3) is 11.0 Å². The van der Waals surface area contributed by atoms with Gasteiger partial charge in [-0.05, 0) is 0 Å². The maximum Gasteiger partial charge on any atom is 0.163 e. The average molecular weight is 275 g/mol. The molecule has 0 saturated carbocycles. The van der Waals surface area contributed by atoms with Crippen molar-refractivity contribution in [2.24, 2.45) is 0 Å². The van der Waals surface area contributed by atoms with Crippen LogP contribution >= 0.6 is 0 Å². The number of H-pyrrole nitrogens is 1. The zero-order valence-corrected chi connectivity index (χ0v) is 11.1. The van der Waals surface area contributed by atoms with Crippen LogP contribution in [0.5, 0.6) is 11.5 Å². The second kappa shape index (κ2) is 4.96. The summed E-state index contributed by atoms with van der Waals surface area (Å²) < 4.78 is 16.9. The Kier molecular flexibility index (Phi) is 2.97. The Balaban J connectivity index is 1.61. The monoisotopic (exact) mass is 275 g/mol. The molecule has 1 fully saturated rings. The second-order valence-electron chi connectivity index (χ2n) is 5.10. The van der Waals surface area contributed by atoms with Gasteiger partial charge < -0.3 is 24.5 Å². The van der Waals surface area contributed by atoms with Gasteiger partial charge in [0.05, 0.1) is 23.7 Å². The number of ether oxygens (including phenoxy) is 3. The first-order chi connectivity index (χ1) is 9.88. The van der Waals surface area contributed by atoms with Crippen LogP contribution in [0, 0.1) is 0 Å². The fourth-order valence-electron chi connectivity index (χ4n) is 2.66. The number of hydrogen-bond donors (Lipinski definition) is 2. The van der Waals surface area contributed by atoms with Crippen molar-refractivity contribution in [2.75, 3.05) is 32.9 Å². The first-order valence-electron chi connectivity index (χ1n) is 6.99. The minimum atomic E-state index is 0.187. The third-order valence-corrected chi connectivity index (χ3v) is 3.62. The Hall–Kier alpha value is -1.79. The smallest absolute Gasteiger partial charge is 0.163 e. The van der Waals surface area contributed by atoms with Gasteiger partial charge in [-0.2, -0.15) is 0 Å². The predicted octanol–water partition coefficient (Wildman–Crippen LogP) is 0.865.